The molecule has 0 saturated carbocycles. The van der Waals surface area contributed by atoms with Gasteiger partial charge in [0.2, 0.25) is 11.8 Å². The quantitative estimate of drug-likeness (QED) is 0.574. The summed E-state index contributed by atoms with van der Waals surface area (Å²) < 4.78 is 0. The van der Waals surface area contributed by atoms with Crippen molar-refractivity contribution < 1.29 is 9.59 Å². The highest BCUT2D eigenvalue weighted by molar-refractivity contribution is 5.90. The maximum absolute atomic E-state index is 11.5. The van der Waals surface area contributed by atoms with Gasteiger partial charge in [-0.2, -0.15) is 0 Å². The molecule has 4 nitrogen and oxygen atoms in total. The number of carbonyl (C=O) groups is 2. The molecular weight excluding hydrogens is 168 g/mol. The van der Waals surface area contributed by atoms with Gasteiger partial charge < -0.3 is 10.2 Å². The molecule has 0 bridgehead atoms. The minimum Gasteiger partial charge on any atom is -0.344 e. The molecular formula is C9H12N2O2. The van der Waals surface area contributed by atoms with Crippen LogP contribution in [-0.2, 0) is 9.59 Å². The van der Waals surface area contributed by atoms with Gasteiger partial charge in [-0.15, -0.1) is 6.42 Å². The third-order valence-electron chi connectivity index (χ3n) is 2.00. The monoisotopic (exact) mass is 180 g/mol. The normalized spacial score (nSPS) is 20.6. The molecule has 0 radical (unpaired) electrons. The largest absolute Gasteiger partial charge is 0.344 e. The molecule has 70 valence electrons. The van der Waals surface area contributed by atoms with Gasteiger partial charge in [-0.1, -0.05) is 5.92 Å². The van der Waals surface area contributed by atoms with E-state index in [0.29, 0.717) is 12.8 Å². The van der Waals surface area contributed by atoms with Crippen LogP contribution in [0.4, 0.5) is 0 Å². The minimum atomic E-state index is -0.370. The Bertz CT molecular complexity index is 267. The maximum atomic E-state index is 11.5. The van der Waals surface area contributed by atoms with Gasteiger partial charge in [0.1, 0.15) is 6.04 Å². The Morgan fingerprint density at radius 3 is 3.00 bits per heavy atom. The van der Waals surface area contributed by atoms with E-state index in [0.717, 1.165) is 0 Å². The van der Waals surface area contributed by atoms with Crippen LogP contribution in [0.3, 0.4) is 0 Å². The molecule has 0 aliphatic carbocycles. The fourth-order valence-corrected chi connectivity index (χ4v) is 1.28. The number of rotatable bonds is 2. The summed E-state index contributed by atoms with van der Waals surface area (Å²) >= 11 is 0. The van der Waals surface area contributed by atoms with Crippen LogP contribution in [0.5, 0.6) is 0 Å². The molecule has 4 heteroatoms. The molecule has 1 heterocycles. The predicted octanol–water partition coefficient (Wildman–Crippen LogP) is -0.643. The van der Waals surface area contributed by atoms with E-state index in [1.807, 2.05) is 0 Å². The van der Waals surface area contributed by atoms with Crippen molar-refractivity contribution in [3.63, 3.8) is 0 Å². The Hall–Kier alpha value is -1.50. The first-order valence-corrected chi connectivity index (χ1v) is 4.13. The molecule has 0 aromatic heterocycles. The fraction of sp³-hybridized carbons (Fsp3) is 0.556. The fourth-order valence-electron chi connectivity index (χ4n) is 1.28. The molecule has 1 saturated heterocycles. The highest BCUT2D eigenvalue weighted by atomic mass is 16.2. The zero-order valence-electron chi connectivity index (χ0n) is 7.54. The molecule has 1 fully saturated rings. The predicted molar refractivity (Wildman–Crippen MR) is 47.6 cm³/mol. The smallest absolute Gasteiger partial charge is 0.245 e. The highest BCUT2D eigenvalue weighted by Gasteiger charge is 2.28. The Morgan fingerprint density at radius 1 is 1.85 bits per heavy atom. The third-order valence-corrected chi connectivity index (χ3v) is 2.00. The van der Waals surface area contributed by atoms with E-state index in [9.17, 15) is 9.59 Å². The van der Waals surface area contributed by atoms with Crippen LogP contribution < -0.4 is 5.32 Å². The van der Waals surface area contributed by atoms with Gasteiger partial charge in [-0.3, -0.25) is 9.59 Å². The Labute approximate surface area is 77.3 Å². The maximum Gasteiger partial charge on any atom is 0.245 e. The van der Waals surface area contributed by atoms with E-state index in [1.165, 1.54) is 4.90 Å². The van der Waals surface area contributed by atoms with Crippen molar-refractivity contribution in [1.82, 2.24) is 10.2 Å². The lowest BCUT2D eigenvalue weighted by molar-refractivity contribution is -0.132. The van der Waals surface area contributed by atoms with Gasteiger partial charge in [-0.25, -0.2) is 0 Å². The Kier molecular flexibility index (Phi) is 2.91. The zero-order valence-corrected chi connectivity index (χ0v) is 7.54. The number of nitrogens with zero attached hydrogens (tertiary/aromatic N) is 1. The highest BCUT2D eigenvalue weighted by Crippen LogP contribution is 2.08. The standard InChI is InChI=1S/C9H12N2O2/c1-3-6-11(2)9(13)7-4-5-8(12)10-7/h1,7H,4-6H2,2H3,(H,10,12). The second-order valence-corrected chi connectivity index (χ2v) is 3.06. The van der Waals surface area contributed by atoms with Crippen molar-refractivity contribution in [3.05, 3.63) is 0 Å². The number of hydrogen-bond donors (Lipinski definition) is 1. The number of amides is 2. The molecule has 1 unspecified atom stereocenters. The average Bonchev–Trinajstić information content (AvgIpc) is 2.51. The lowest BCUT2D eigenvalue weighted by Crippen LogP contribution is -2.42. The summed E-state index contributed by atoms with van der Waals surface area (Å²) in [5.74, 6) is 2.21. The number of likely N-dealkylation sites (N-methyl/N-ethyl adjacent to an activating group) is 1. The van der Waals surface area contributed by atoms with Gasteiger partial charge >= 0.3 is 0 Å². The van der Waals surface area contributed by atoms with Crippen LogP contribution in [0.2, 0.25) is 0 Å². The number of hydrogen-bond acceptors (Lipinski definition) is 2. The molecule has 2 amide bonds. The summed E-state index contributed by atoms with van der Waals surface area (Å²) in [6, 6.07) is -0.370. The van der Waals surface area contributed by atoms with Gasteiger partial charge in [0.15, 0.2) is 0 Å². The van der Waals surface area contributed by atoms with Crippen molar-refractivity contribution in [2.45, 2.75) is 18.9 Å². The van der Waals surface area contributed by atoms with Crippen LogP contribution >= 0.6 is 0 Å². The molecule has 1 rings (SSSR count). The average molecular weight is 180 g/mol. The van der Waals surface area contributed by atoms with E-state index >= 15 is 0 Å². The summed E-state index contributed by atoms with van der Waals surface area (Å²) in [6.07, 6.45) is 6.07. The molecule has 0 aromatic rings. The molecule has 1 atom stereocenters. The summed E-state index contributed by atoms with van der Waals surface area (Å²) in [5, 5.41) is 2.59. The van der Waals surface area contributed by atoms with Gasteiger partial charge in [0.25, 0.3) is 0 Å². The first kappa shape index (κ1) is 9.59. The van der Waals surface area contributed by atoms with Crippen molar-refractivity contribution in [1.29, 1.82) is 0 Å². The molecule has 1 aliphatic rings. The van der Waals surface area contributed by atoms with Gasteiger partial charge in [-0.05, 0) is 6.42 Å². The number of carbonyl (C=O) groups excluding carboxylic acids is 2. The van der Waals surface area contributed by atoms with E-state index in [1.54, 1.807) is 7.05 Å². The van der Waals surface area contributed by atoms with E-state index in [2.05, 4.69) is 11.2 Å². The second-order valence-electron chi connectivity index (χ2n) is 3.06. The minimum absolute atomic E-state index is 0.0625. The van der Waals surface area contributed by atoms with Crippen LogP contribution in [0.1, 0.15) is 12.8 Å². The summed E-state index contributed by atoms with van der Waals surface area (Å²) in [7, 11) is 1.63. The van der Waals surface area contributed by atoms with E-state index in [-0.39, 0.29) is 24.4 Å². The lowest BCUT2D eigenvalue weighted by atomic mass is 10.2. The molecule has 1 N–H and O–H groups in total. The summed E-state index contributed by atoms with van der Waals surface area (Å²) in [5.41, 5.74) is 0. The van der Waals surface area contributed by atoms with Crippen LogP contribution in [0.15, 0.2) is 0 Å². The number of nitrogens with one attached hydrogen (secondary N) is 1. The molecule has 1 aliphatic heterocycles. The lowest BCUT2D eigenvalue weighted by Gasteiger charge is -2.18. The van der Waals surface area contributed by atoms with Crippen molar-refractivity contribution in [2.75, 3.05) is 13.6 Å². The van der Waals surface area contributed by atoms with Crippen molar-refractivity contribution >= 4 is 11.8 Å². The second kappa shape index (κ2) is 3.94. The number of terminal acetylenes is 1. The molecule has 0 aromatic carbocycles. The molecule has 13 heavy (non-hydrogen) atoms. The third kappa shape index (κ3) is 2.22. The Morgan fingerprint density at radius 2 is 2.54 bits per heavy atom. The van der Waals surface area contributed by atoms with Crippen molar-refractivity contribution in [2.24, 2.45) is 0 Å². The first-order chi connectivity index (χ1) is 6.15. The topological polar surface area (TPSA) is 49.4 Å². The van der Waals surface area contributed by atoms with E-state index < -0.39 is 0 Å². The van der Waals surface area contributed by atoms with Crippen molar-refractivity contribution in [3.8, 4) is 12.3 Å². The van der Waals surface area contributed by atoms with Gasteiger partial charge in [0, 0.05) is 13.5 Å². The first-order valence-electron chi connectivity index (χ1n) is 4.13. The summed E-state index contributed by atoms with van der Waals surface area (Å²) in [4.78, 5) is 23.8. The molecule has 0 spiro atoms. The van der Waals surface area contributed by atoms with Gasteiger partial charge in [0.05, 0.1) is 6.54 Å². The zero-order chi connectivity index (χ0) is 9.84. The van der Waals surface area contributed by atoms with Crippen LogP contribution in [0, 0.1) is 12.3 Å². The summed E-state index contributed by atoms with van der Waals surface area (Å²) in [6.45, 7) is 0.283. The van der Waals surface area contributed by atoms with Crippen LogP contribution in [-0.4, -0.2) is 36.3 Å². The SMILES string of the molecule is C#CCN(C)C(=O)C1CCC(=O)N1. The van der Waals surface area contributed by atoms with E-state index in [4.69, 9.17) is 6.42 Å². The Balaban J connectivity index is 2.49. The van der Waals surface area contributed by atoms with Crippen LogP contribution in [0.25, 0.3) is 0 Å².